The summed E-state index contributed by atoms with van der Waals surface area (Å²) in [5.41, 5.74) is 1.71. The lowest BCUT2D eigenvalue weighted by atomic mass is 9.88. The fourth-order valence-electron chi connectivity index (χ4n) is 3.47. The summed E-state index contributed by atoms with van der Waals surface area (Å²) in [6.07, 6.45) is 0. The van der Waals surface area contributed by atoms with Crippen LogP contribution >= 0.6 is 11.6 Å². The van der Waals surface area contributed by atoms with Gasteiger partial charge in [-0.25, -0.2) is 13.2 Å². The molecule has 2 atom stereocenters. The summed E-state index contributed by atoms with van der Waals surface area (Å²) in [6, 6.07) is 11.7. The Morgan fingerprint density at radius 3 is 2.31 bits per heavy atom. The number of hydrogen-bond donors (Lipinski definition) is 2. The van der Waals surface area contributed by atoms with Gasteiger partial charge in [-0.2, -0.15) is 0 Å². The maximum absolute atomic E-state index is 13.0. The van der Waals surface area contributed by atoms with Crippen molar-refractivity contribution in [3.63, 3.8) is 0 Å². The molecule has 2 aromatic carbocycles. The van der Waals surface area contributed by atoms with Crippen LogP contribution in [0.5, 0.6) is 0 Å². The minimum atomic E-state index is -3.98. The van der Waals surface area contributed by atoms with E-state index in [1.807, 2.05) is 24.3 Å². The number of esters is 1. The van der Waals surface area contributed by atoms with Crippen molar-refractivity contribution in [3.8, 4) is 0 Å². The SMILES string of the molecule is CCOC(=O)[C@@H]1/C(=C\S(=O)(=O)c2ccc(Cl)cc2)NC(=O)N[C@H]1c1ccc(C(C)C)cc1. The lowest BCUT2D eigenvalue weighted by Gasteiger charge is -2.33. The van der Waals surface area contributed by atoms with Crippen molar-refractivity contribution in [1.82, 2.24) is 10.6 Å². The van der Waals surface area contributed by atoms with Gasteiger partial charge in [-0.05, 0) is 48.2 Å². The Hall–Kier alpha value is -2.84. The first-order valence-corrected chi connectivity index (χ1v) is 12.1. The van der Waals surface area contributed by atoms with E-state index in [1.165, 1.54) is 24.3 Å². The second-order valence-corrected chi connectivity index (χ2v) is 9.93. The number of ether oxygens (including phenoxy) is 1. The Morgan fingerprint density at radius 1 is 1.12 bits per heavy atom. The predicted octanol–water partition coefficient (Wildman–Crippen LogP) is 4.31. The molecule has 0 unspecified atom stereocenters. The first-order chi connectivity index (χ1) is 15.1. The summed E-state index contributed by atoms with van der Waals surface area (Å²) in [5, 5.41) is 6.51. The molecule has 0 aromatic heterocycles. The van der Waals surface area contributed by atoms with Gasteiger partial charge in [0.15, 0.2) is 0 Å². The number of carbonyl (C=O) groups is 2. The van der Waals surface area contributed by atoms with Crippen molar-refractivity contribution in [3.05, 3.63) is 75.8 Å². The van der Waals surface area contributed by atoms with Crippen LogP contribution in [0.25, 0.3) is 0 Å². The van der Waals surface area contributed by atoms with Crippen LogP contribution in [0.4, 0.5) is 4.79 Å². The molecule has 9 heteroatoms. The molecule has 7 nitrogen and oxygen atoms in total. The molecule has 3 rings (SSSR count). The van der Waals surface area contributed by atoms with Crippen LogP contribution < -0.4 is 10.6 Å². The number of amides is 2. The number of carbonyl (C=O) groups excluding carboxylic acids is 2. The fraction of sp³-hybridized carbons (Fsp3) is 0.304. The maximum Gasteiger partial charge on any atom is 0.319 e. The van der Waals surface area contributed by atoms with Crippen molar-refractivity contribution in [2.75, 3.05) is 6.61 Å². The fourth-order valence-corrected chi connectivity index (χ4v) is 4.79. The molecule has 0 bridgehead atoms. The Kier molecular flexibility index (Phi) is 7.26. The molecule has 0 radical (unpaired) electrons. The molecule has 1 fully saturated rings. The molecule has 2 N–H and O–H groups in total. The van der Waals surface area contributed by atoms with Crippen molar-refractivity contribution in [2.24, 2.45) is 5.92 Å². The smallest absolute Gasteiger partial charge is 0.319 e. The zero-order valence-corrected chi connectivity index (χ0v) is 19.5. The number of benzene rings is 2. The standard InChI is InChI=1S/C23H25ClN2O5S/c1-4-31-22(27)20-19(13-32(29,30)18-11-9-17(24)10-12-18)25-23(28)26-21(20)16-7-5-15(6-8-16)14(2)3/h5-14,20-21H,4H2,1-3H3,(H2,25,26,28)/b19-13+/t20-,21+/m1/s1. The second-order valence-electron chi connectivity index (χ2n) is 7.70. The van der Waals surface area contributed by atoms with E-state index in [9.17, 15) is 18.0 Å². The van der Waals surface area contributed by atoms with Gasteiger partial charge in [0.2, 0.25) is 9.84 Å². The molecule has 2 amide bonds. The van der Waals surface area contributed by atoms with Gasteiger partial charge >= 0.3 is 12.0 Å². The van der Waals surface area contributed by atoms with Crippen LogP contribution in [-0.4, -0.2) is 27.0 Å². The van der Waals surface area contributed by atoms with Crippen LogP contribution in [0.3, 0.4) is 0 Å². The number of rotatable bonds is 6. The van der Waals surface area contributed by atoms with Crippen molar-refractivity contribution >= 4 is 33.4 Å². The Labute approximate surface area is 192 Å². The third-order valence-corrected chi connectivity index (χ3v) is 6.89. The van der Waals surface area contributed by atoms with Crippen LogP contribution in [0, 0.1) is 5.92 Å². The monoisotopic (exact) mass is 476 g/mol. The van der Waals surface area contributed by atoms with Crippen molar-refractivity contribution in [2.45, 2.75) is 37.6 Å². The van der Waals surface area contributed by atoms with Crippen LogP contribution in [0.15, 0.2) is 64.5 Å². The molecule has 32 heavy (non-hydrogen) atoms. The summed E-state index contributed by atoms with van der Waals surface area (Å²) >= 11 is 5.85. The minimum Gasteiger partial charge on any atom is -0.465 e. The van der Waals surface area contributed by atoms with E-state index < -0.39 is 33.8 Å². The molecular weight excluding hydrogens is 452 g/mol. The topological polar surface area (TPSA) is 102 Å². The molecule has 170 valence electrons. The molecule has 1 saturated heterocycles. The summed E-state index contributed by atoms with van der Waals surface area (Å²) in [7, 11) is -3.98. The van der Waals surface area contributed by atoms with Gasteiger partial charge in [-0.15, -0.1) is 0 Å². The quantitative estimate of drug-likeness (QED) is 0.605. The number of sulfone groups is 1. The highest BCUT2D eigenvalue weighted by Crippen LogP contribution is 2.33. The first-order valence-electron chi connectivity index (χ1n) is 10.2. The Balaban J connectivity index is 2.07. The predicted molar refractivity (Wildman–Crippen MR) is 122 cm³/mol. The highest BCUT2D eigenvalue weighted by molar-refractivity contribution is 7.94. The maximum atomic E-state index is 13.0. The molecule has 2 aromatic rings. The zero-order chi connectivity index (χ0) is 23.5. The number of hydrogen-bond acceptors (Lipinski definition) is 5. The van der Waals surface area contributed by atoms with E-state index in [1.54, 1.807) is 6.92 Å². The summed E-state index contributed by atoms with van der Waals surface area (Å²) in [5.74, 6) is -1.40. The van der Waals surface area contributed by atoms with E-state index in [0.29, 0.717) is 16.5 Å². The van der Waals surface area contributed by atoms with Crippen LogP contribution in [0.1, 0.15) is 43.9 Å². The first kappa shape index (κ1) is 23.8. The van der Waals surface area contributed by atoms with Gasteiger partial charge in [0.1, 0.15) is 5.92 Å². The molecule has 0 spiro atoms. The second kappa shape index (κ2) is 9.75. The van der Waals surface area contributed by atoms with E-state index in [0.717, 1.165) is 11.0 Å². The zero-order valence-electron chi connectivity index (χ0n) is 18.0. The van der Waals surface area contributed by atoms with Gasteiger partial charge in [0.05, 0.1) is 23.0 Å². The average Bonchev–Trinajstić information content (AvgIpc) is 2.73. The molecule has 1 aliphatic rings. The van der Waals surface area contributed by atoms with Gasteiger partial charge in [0, 0.05) is 10.7 Å². The summed E-state index contributed by atoms with van der Waals surface area (Å²) in [4.78, 5) is 25.3. The third kappa shape index (κ3) is 5.31. The van der Waals surface area contributed by atoms with Gasteiger partial charge in [-0.1, -0.05) is 49.7 Å². The summed E-state index contributed by atoms with van der Waals surface area (Å²) < 4.78 is 31.1. The molecule has 1 aliphatic heterocycles. The van der Waals surface area contributed by atoms with Gasteiger partial charge in [-0.3, -0.25) is 4.79 Å². The highest BCUT2D eigenvalue weighted by atomic mass is 35.5. The molecular formula is C23H25ClN2O5S. The van der Waals surface area contributed by atoms with Gasteiger partial charge in [0.25, 0.3) is 0 Å². The Bertz CT molecular complexity index is 1130. The Morgan fingerprint density at radius 2 is 1.75 bits per heavy atom. The van der Waals surface area contributed by atoms with Crippen LogP contribution in [0.2, 0.25) is 5.02 Å². The van der Waals surface area contributed by atoms with E-state index >= 15 is 0 Å². The average molecular weight is 477 g/mol. The largest absolute Gasteiger partial charge is 0.465 e. The van der Waals surface area contributed by atoms with Crippen molar-refractivity contribution < 1.29 is 22.7 Å². The molecule has 0 aliphatic carbocycles. The lowest BCUT2D eigenvalue weighted by molar-refractivity contribution is -0.147. The number of nitrogens with one attached hydrogen (secondary N) is 2. The lowest BCUT2D eigenvalue weighted by Crippen LogP contribution is -2.51. The van der Waals surface area contributed by atoms with Gasteiger partial charge < -0.3 is 15.4 Å². The van der Waals surface area contributed by atoms with Crippen molar-refractivity contribution in [1.29, 1.82) is 0 Å². The van der Waals surface area contributed by atoms with E-state index in [-0.39, 0.29) is 17.2 Å². The normalized spacial score (nSPS) is 20.0. The van der Waals surface area contributed by atoms with Crippen LogP contribution in [-0.2, 0) is 19.4 Å². The molecule has 0 saturated carbocycles. The third-order valence-electron chi connectivity index (χ3n) is 5.14. The summed E-state index contributed by atoms with van der Waals surface area (Å²) in [6.45, 7) is 5.89. The minimum absolute atomic E-state index is 0.0115. The number of urea groups is 1. The number of halogens is 1. The molecule has 1 heterocycles. The highest BCUT2D eigenvalue weighted by Gasteiger charge is 2.40. The van der Waals surface area contributed by atoms with E-state index in [4.69, 9.17) is 16.3 Å². The van der Waals surface area contributed by atoms with E-state index in [2.05, 4.69) is 24.5 Å².